The van der Waals surface area contributed by atoms with E-state index in [1.54, 1.807) is 0 Å². The molecule has 178 valence electrons. The molecule has 7 nitrogen and oxygen atoms in total. The van der Waals surface area contributed by atoms with Crippen LogP contribution in [-0.4, -0.2) is 59.5 Å². The number of morpholine rings is 1. The van der Waals surface area contributed by atoms with Gasteiger partial charge >= 0.3 is 0 Å². The average Bonchev–Trinajstić information content (AvgIpc) is 3.59. The summed E-state index contributed by atoms with van der Waals surface area (Å²) in [5.41, 5.74) is 4.08. The second-order valence-corrected chi connectivity index (χ2v) is 9.96. The fourth-order valence-electron chi connectivity index (χ4n) is 5.89. The van der Waals surface area contributed by atoms with E-state index in [9.17, 15) is 9.59 Å². The van der Waals surface area contributed by atoms with Gasteiger partial charge < -0.3 is 19.7 Å². The maximum atomic E-state index is 13.0. The van der Waals surface area contributed by atoms with Crippen LogP contribution < -0.4 is 10.1 Å². The quantitative estimate of drug-likeness (QED) is 0.716. The lowest BCUT2D eigenvalue weighted by Crippen LogP contribution is -2.48. The Morgan fingerprint density at radius 1 is 1.15 bits per heavy atom. The summed E-state index contributed by atoms with van der Waals surface area (Å²) in [6.07, 6.45) is 2.74. The first-order valence-electron chi connectivity index (χ1n) is 12.4. The number of ether oxygens (including phenoxy) is 2. The normalized spacial score (nSPS) is 27.1. The predicted octanol–water partition coefficient (Wildman–Crippen LogP) is 3.03. The van der Waals surface area contributed by atoms with E-state index < -0.39 is 0 Å². The molecule has 4 aliphatic heterocycles. The molecule has 4 atom stereocenters. The highest BCUT2D eigenvalue weighted by atomic mass is 16.5. The van der Waals surface area contributed by atoms with Gasteiger partial charge in [-0.05, 0) is 43.0 Å². The summed E-state index contributed by atoms with van der Waals surface area (Å²) in [7, 11) is 0. The van der Waals surface area contributed by atoms with E-state index in [1.807, 2.05) is 23.1 Å². The van der Waals surface area contributed by atoms with E-state index in [0.29, 0.717) is 56.3 Å². The molecule has 3 unspecified atom stereocenters. The zero-order valence-corrected chi connectivity index (χ0v) is 19.5. The second-order valence-electron chi connectivity index (χ2n) is 9.96. The van der Waals surface area contributed by atoms with Crippen LogP contribution >= 0.6 is 0 Å². The number of piperidine rings is 1. The zero-order chi connectivity index (χ0) is 23.2. The molecule has 0 aliphatic carbocycles. The zero-order valence-electron chi connectivity index (χ0n) is 19.5. The lowest BCUT2D eigenvalue weighted by Gasteiger charge is -2.32. The highest BCUT2D eigenvalue weighted by Crippen LogP contribution is 2.36. The van der Waals surface area contributed by atoms with E-state index in [-0.39, 0.29) is 17.9 Å². The lowest BCUT2D eigenvalue weighted by atomic mass is 10.0. The summed E-state index contributed by atoms with van der Waals surface area (Å²) < 4.78 is 11.9. The Morgan fingerprint density at radius 2 is 2.00 bits per heavy atom. The smallest absolute Gasteiger partial charge is 0.254 e. The van der Waals surface area contributed by atoms with E-state index in [0.717, 1.165) is 36.4 Å². The molecule has 3 fully saturated rings. The van der Waals surface area contributed by atoms with Crippen molar-refractivity contribution in [1.82, 2.24) is 15.1 Å². The molecule has 2 amide bonds. The van der Waals surface area contributed by atoms with Crippen molar-refractivity contribution < 1.29 is 19.1 Å². The number of amides is 2. The van der Waals surface area contributed by atoms with Crippen LogP contribution in [0, 0.1) is 0 Å². The molecule has 0 spiro atoms. The SMILES string of the molecule is CC(c1ccc(COc2cccc3c2CN([C@H]2CCC(=O)NC2)C3=O)cc1)N1CC2CC1CO2. The van der Waals surface area contributed by atoms with E-state index in [1.165, 1.54) is 5.56 Å². The maximum Gasteiger partial charge on any atom is 0.254 e. The molecule has 0 radical (unpaired) electrons. The van der Waals surface area contributed by atoms with Crippen molar-refractivity contribution in [1.29, 1.82) is 0 Å². The van der Waals surface area contributed by atoms with Gasteiger partial charge in [0.05, 0.1) is 25.3 Å². The molecule has 2 aromatic rings. The summed E-state index contributed by atoms with van der Waals surface area (Å²) in [5, 5.41) is 2.88. The van der Waals surface area contributed by atoms with Crippen LogP contribution in [0.2, 0.25) is 0 Å². The van der Waals surface area contributed by atoms with Gasteiger partial charge in [0.15, 0.2) is 0 Å². The minimum absolute atomic E-state index is 0.0287. The number of hydrogen-bond acceptors (Lipinski definition) is 5. The number of likely N-dealkylation sites (tertiary alicyclic amines) is 1. The van der Waals surface area contributed by atoms with Crippen molar-refractivity contribution in [2.24, 2.45) is 0 Å². The number of nitrogens with zero attached hydrogens (tertiary/aromatic N) is 2. The van der Waals surface area contributed by atoms with Crippen LogP contribution in [0.3, 0.4) is 0 Å². The molecule has 2 bridgehead atoms. The molecule has 1 N–H and O–H groups in total. The first kappa shape index (κ1) is 21.6. The standard InChI is InChI=1S/C27H31N3O4/c1-17(29-13-22-11-21(29)16-33-22)19-7-5-18(6-8-19)15-34-25-4-2-3-23-24(25)14-30(27(23)32)20-9-10-26(31)28-12-20/h2-8,17,20-22H,9-16H2,1H3,(H,28,31)/t17?,20-,21?,22?/m0/s1. The minimum Gasteiger partial charge on any atom is -0.489 e. The molecule has 4 heterocycles. The van der Waals surface area contributed by atoms with Gasteiger partial charge in [-0.3, -0.25) is 14.5 Å². The lowest BCUT2D eigenvalue weighted by molar-refractivity contribution is -0.123. The summed E-state index contributed by atoms with van der Waals surface area (Å²) in [6.45, 7) is 5.67. The summed E-state index contributed by atoms with van der Waals surface area (Å²) in [5.74, 6) is 0.853. The number of fused-ring (bicyclic) bond motifs is 3. The molecule has 2 aromatic carbocycles. The van der Waals surface area contributed by atoms with Crippen molar-refractivity contribution in [2.45, 2.75) is 63.6 Å². The fourth-order valence-corrected chi connectivity index (χ4v) is 5.89. The van der Waals surface area contributed by atoms with Crippen LogP contribution in [0.1, 0.15) is 59.3 Å². The summed E-state index contributed by atoms with van der Waals surface area (Å²) in [4.78, 5) is 29.0. The topological polar surface area (TPSA) is 71.1 Å². The first-order chi connectivity index (χ1) is 16.6. The predicted molar refractivity (Wildman–Crippen MR) is 126 cm³/mol. The minimum atomic E-state index is 0.0287. The monoisotopic (exact) mass is 461 g/mol. The Hall–Kier alpha value is -2.90. The third-order valence-electron chi connectivity index (χ3n) is 7.93. The van der Waals surface area contributed by atoms with Crippen molar-refractivity contribution in [3.05, 3.63) is 64.7 Å². The van der Waals surface area contributed by atoms with Crippen LogP contribution in [-0.2, 0) is 22.7 Å². The van der Waals surface area contributed by atoms with E-state index >= 15 is 0 Å². The number of nitrogens with one attached hydrogen (secondary N) is 1. The van der Waals surface area contributed by atoms with Crippen molar-refractivity contribution in [3.63, 3.8) is 0 Å². The Balaban J connectivity index is 1.10. The van der Waals surface area contributed by atoms with Crippen LogP contribution in [0.25, 0.3) is 0 Å². The number of carbonyl (C=O) groups excluding carboxylic acids is 2. The van der Waals surface area contributed by atoms with Gasteiger partial charge in [-0.25, -0.2) is 0 Å². The van der Waals surface area contributed by atoms with Gasteiger partial charge in [0.1, 0.15) is 12.4 Å². The van der Waals surface area contributed by atoms with Gasteiger partial charge in [0.2, 0.25) is 5.91 Å². The summed E-state index contributed by atoms with van der Waals surface area (Å²) >= 11 is 0. The van der Waals surface area contributed by atoms with Gasteiger partial charge in [-0.1, -0.05) is 30.3 Å². The van der Waals surface area contributed by atoms with Crippen molar-refractivity contribution in [2.75, 3.05) is 19.7 Å². The molecular weight excluding hydrogens is 430 g/mol. The third kappa shape index (κ3) is 3.87. The molecule has 0 aromatic heterocycles. The number of rotatable bonds is 6. The summed E-state index contributed by atoms with van der Waals surface area (Å²) in [6, 6.07) is 15.4. The van der Waals surface area contributed by atoms with Crippen molar-refractivity contribution >= 4 is 11.8 Å². The van der Waals surface area contributed by atoms with Crippen LogP contribution in [0.4, 0.5) is 0 Å². The number of hydrogen-bond donors (Lipinski definition) is 1. The highest BCUT2D eigenvalue weighted by Gasteiger charge is 2.41. The fraction of sp³-hybridized carbons (Fsp3) is 0.481. The first-order valence-corrected chi connectivity index (χ1v) is 12.4. The third-order valence-corrected chi connectivity index (χ3v) is 7.93. The highest BCUT2D eigenvalue weighted by molar-refractivity contribution is 5.99. The molecule has 0 saturated carbocycles. The number of carbonyl (C=O) groups is 2. The Morgan fingerprint density at radius 3 is 2.71 bits per heavy atom. The Bertz CT molecular complexity index is 1090. The average molecular weight is 462 g/mol. The second kappa shape index (κ2) is 8.71. The van der Waals surface area contributed by atoms with Crippen LogP contribution in [0.15, 0.2) is 42.5 Å². The molecular formula is C27H31N3O4. The van der Waals surface area contributed by atoms with Gasteiger partial charge in [0.25, 0.3) is 5.91 Å². The Kier molecular flexibility index (Phi) is 5.54. The van der Waals surface area contributed by atoms with Gasteiger partial charge in [0, 0.05) is 42.7 Å². The van der Waals surface area contributed by atoms with Crippen LogP contribution in [0.5, 0.6) is 5.75 Å². The molecule has 6 rings (SSSR count). The molecule has 3 saturated heterocycles. The van der Waals surface area contributed by atoms with Gasteiger partial charge in [-0.2, -0.15) is 0 Å². The molecule has 4 aliphatic rings. The number of benzene rings is 2. The largest absolute Gasteiger partial charge is 0.489 e. The molecule has 7 heteroatoms. The van der Waals surface area contributed by atoms with Crippen molar-refractivity contribution in [3.8, 4) is 5.75 Å². The molecule has 34 heavy (non-hydrogen) atoms. The van der Waals surface area contributed by atoms with Gasteiger partial charge in [-0.15, -0.1) is 0 Å². The Labute approximate surface area is 200 Å². The van der Waals surface area contributed by atoms with E-state index in [2.05, 4.69) is 41.4 Å². The maximum absolute atomic E-state index is 13.0. The van der Waals surface area contributed by atoms with E-state index in [4.69, 9.17) is 9.47 Å².